The second kappa shape index (κ2) is 6.25. The van der Waals surface area contributed by atoms with Crippen LogP contribution in [0.25, 0.3) is 0 Å². The summed E-state index contributed by atoms with van der Waals surface area (Å²) in [6, 6.07) is 9.72. The van der Waals surface area contributed by atoms with Crippen molar-refractivity contribution >= 4 is 11.7 Å². The Balaban J connectivity index is 0.00000144. The van der Waals surface area contributed by atoms with Gasteiger partial charge in [0.2, 0.25) is 0 Å². The van der Waals surface area contributed by atoms with Crippen molar-refractivity contribution in [2.45, 2.75) is 26.3 Å². The van der Waals surface area contributed by atoms with Crippen LogP contribution < -0.4 is 11.1 Å². The second-order valence-corrected chi connectivity index (χ2v) is 4.12. The predicted octanol–water partition coefficient (Wildman–Crippen LogP) is 2.28. The Hall–Kier alpha value is -1.55. The minimum Gasteiger partial charge on any atom is -0.328 e. The first-order valence-electron chi connectivity index (χ1n) is 5.62. The number of nitrogens with one attached hydrogen (secondary N) is 1. The van der Waals surface area contributed by atoms with Gasteiger partial charge in [0.05, 0.1) is 0 Å². The van der Waals surface area contributed by atoms with Crippen LogP contribution in [0.2, 0.25) is 0 Å². The van der Waals surface area contributed by atoms with Crippen LogP contribution in [0.3, 0.4) is 0 Å². The summed E-state index contributed by atoms with van der Waals surface area (Å²) in [5.41, 5.74) is 6.63. The first-order valence-corrected chi connectivity index (χ1v) is 5.62. The summed E-state index contributed by atoms with van der Waals surface area (Å²) in [6.07, 6.45) is 1.78. The van der Waals surface area contributed by atoms with Gasteiger partial charge >= 0.3 is 6.03 Å². The number of para-hydroxylation sites is 1. The van der Waals surface area contributed by atoms with E-state index in [-0.39, 0.29) is 19.5 Å². The summed E-state index contributed by atoms with van der Waals surface area (Å²) in [5.74, 6) is 0. The summed E-state index contributed by atoms with van der Waals surface area (Å²) in [5, 5.41) is 2.87. The number of rotatable bonds is 1. The lowest BCUT2D eigenvalue weighted by molar-refractivity contribution is 0.195. The summed E-state index contributed by atoms with van der Waals surface area (Å²) in [6.45, 7) is 1.50. The van der Waals surface area contributed by atoms with Crippen LogP contribution in [0.15, 0.2) is 30.3 Å². The van der Waals surface area contributed by atoms with Crippen molar-refractivity contribution < 1.29 is 4.79 Å². The molecule has 1 heterocycles. The second-order valence-electron chi connectivity index (χ2n) is 4.12. The van der Waals surface area contributed by atoms with Gasteiger partial charge in [0.25, 0.3) is 0 Å². The lowest BCUT2D eigenvalue weighted by atomic mass is 10.1. The van der Waals surface area contributed by atoms with Gasteiger partial charge in [-0.25, -0.2) is 4.79 Å². The molecule has 0 aliphatic carbocycles. The third-order valence-corrected chi connectivity index (χ3v) is 2.85. The number of hydrogen-bond acceptors (Lipinski definition) is 2. The van der Waals surface area contributed by atoms with E-state index in [1.807, 2.05) is 35.2 Å². The molecule has 4 nitrogen and oxygen atoms in total. The van der Waals surface area contributed by atoms with Crippen LogP contribution in [0.5, 0.6) is 0 Å². The number of hydrogen-bond donors (Lipinski definition) is 2. The zero-order valence-corrected chi connectivity index (χ0v) is 9.23. The molecular weight excluding hydrogens is 214 g/mol. The summed E-state index contributed by atoms with van der Waals surface area (Å²) >= 11 is 0. The molecule has 1 saturated heterocycles. The molecule has 0 bridgehead atoms. The number of nitrogens with two attached hydrogens (primary N) is 1. The Morgan fingerprint density at radius 3 is 2.41 bits per heavy atom. The molecule has 1 aliphatic heterocycles. The fourth-order valence-electron chi connectivity index (χ4n) is 1.83. The number of carbonyl (C=O) groups excluding carboxylic acids is 1. The molecule has 0 spiro atoms. The van der Waals surface area contributed by atoms with Gasteiger partial charge in [-0.05, 0) is 25.0 Å². The highest BCUT2D eigenvalue weighted by atomic mass is 16.2. The lowest BCUT2D eigenvalue weighted by Gasteiger charge is -2.30. The molecule has 1 aliphatic rings. The first-order chi connectivity index (χ1) is 7.75. The van der Waals surface area contributed by atoms with E-state index in [4.69, 9.17) is 5.73 Å². The standard InChI is InChI=1S/C12H17N3O.CH4/c13-10-6-8-15(9-7-10)12(16)14-11-4-2-1-3-5-11;/h1-5,10H,6-9,13H2,(H,14,16);1H4. The van der Waals surface area contributed by atoms with E-state index in [0.717, 1.165) is 31.6 Å². The van der Waals surface area contributed by atoms with Crippen molar-refractivity contribution in [3.05, 3.63) is 30.3 Å². The molecule has 1 aromatic carbocycles. The number of carbonyl (C=O) groups is 1. The molecule has 17 heavy (non-hydrogen) atoms. The number of nitrogens with zero attached hydrogens (tertiary/aromatic N) is 1. The minimum atomic E-state index is -0.0295. The van der Waals surface area contributed by atoms with Gasteiger partial charge in [-0.3, -0.25) is 0 Å². The van der Waals surface area contributed by atoms with Gasteiger partial charge in [0, 0.05) is 24.8 Å². The Morgan fingerprint density at radius 1 is 1.24 bits per heavy atom. The van der Waals surface area contributed by atoms with E-state index in [1.165, 1.54) is 0 Å². The molecule has 0 radical (unpaired) electrons. The van der Waals surface area contributed by atoms with Crippen LogP contribution >= 0.6 is 0 Å². The maximum Gasteiger partial charge on any atom is 0.321 e. The Bertz CT molecular complexity index is 345. The van der Waals surface area contributed by atoms with Crippen LogP contribution in [0.1, 0.15) is 20.3 Å². The molecule has 0 unspecified atom stereocenters. The van der Waals surface area contributed by atoms with Gasteiger partial charge in [0.1, 0.15) is 0 Å². The van der Waals surface area contributed by atoms with Crippen molar-refractivity contribution in [3.8, 4) is 0 Å². The number of piperidine rings is 1. The molecule has 2 amide bonds. The van der Waals surface area contributed by atoms with Crippen molar-refractivity contribution in [3.63, 3.8) is 0 Å². The SMILES string of the molecule is C.NC1CCN(C(=O)Nc2ccccc2)CC1. The van der Waals surface area contributed by atoms with E-state index < -0.39 is 0 Å². The quantitative estimate of drug-likeness (QED) is 0.784. The molecule has 0 aromatic heterocycles. The predicted molar refractivity (Wildman–Crippen MR) is 71.0 cm³/mol. The highest BCUT2D eigenvalue weighted by Crippen LogP contribution is 2.11. The van der Waals surface area contributed by atoms with Crippen molar-refractivity contribution in [2.24, 2.45) is 5.73 Å². The highest BCUT2D eigenvalue weighted by Gasteiger charge is 2.20. The Morgan fingerprint density at radius 2 is 1.82 bits per heavy atom. The summed E-state index contributed by atoms with van der Waals surface area (Å²) in [7, 11) is 0. The maximum atomic E-state index is 11.8. The average Bonchev–Trinajstić information content (AvgIpc) is 2.31. The van der Waals surface area contributed by atoms with Gasteiger partial charge in [-0.2, -0.15) is 0 Å². The van der Waals surface area contributed by atoms with E-state index in [2.05, 4.69) is 5.32 Å². The number of benzene rings is 1. The van der Waals surface area contributed by atoms with Gasteiger partial charge in [-0.15, -0.1) is 0 Å². The van der Waals surface area contributed by atoms with E-state index >= 15 is 0 Å². The number of urea groups is 1. The molecule has 1 aromatic rings. The fraction of sp³-hybridized carbons (Fsp3) is 0.462. The number of amides is 2. The zero-order valence-electron chi connectivity index (χ0n) is 9.23. The topological polar surface area (TPSA) is 58.4 Å². The van der Waals surface area contributed by atoms with Crippen molar-refractivity contribution in [1.29, 1.82) is 0 Å². The zero-order chi connectivity index (χ0) is 11.4. The Labute approximate surface area is 103 Å². The van der Waals surface area contributed by atoms with E-state index in [0.29, 0.717) is 0 Å². The summed E-state index contributed by atoms with van der Waals surface area (Å²) < 4.78 is 0. The smallest absolute Gasteiger partial charge is 0.321 e. The summed E-state index contributed by atoms with van der Waals surface area (Å²) in [4.78, 5) is 13.7. The highest BCUT2D eigenvalue weighted by molar-refractivity contribution is 5.89. The van der Waals surface area contributed by atoms with Gasteiger partial charge < -0.3 is 16.0 Å². The molecular formula is C13H21N3O. The molecule has 2 rings (SSSR count). The largest absolute Gasteiger partial charge is 0.328 e. The average molecular weight is 235 g/mol. The monoisotopic (exact) mass is 235 g/mol. The first kappa shape index (κ1) is 13.5. The maximum absolute atomic E-state index is 11.8. The number of anilines is 1. The molecule has 1 fully saturated rings. The fourth-order valence-corrected chi connectivity index (χ4v) is 1.83. The van der Waals surface area contributed by atoms with Crippen molar-refractivity contribution in [1.82, 2.24) is 4.90 Å². The van der Waals surface area contributed by atoms with Gasteiger partial charge in [-0.1, -0.05) is 25.6 Å². The number of likely N-dealkylation sites (tertiary alicyclic amines) is 1. The molecule has 0 saturated carbocycles. The Kier molecular flexibility index (Phi) is 4.97. The third kappa shape index (κ3) is 3.75. The van der Waals surface area contributed by atoms with E-state index in [9.17, 15) is 4.79 Å². The lowest BCUT2D eigenvalue weighted by Crippen LogP contribution is -2.44. The van der Waals surface area contributed by atoms with Crippen LogP contribution in [0, 0.1) is 0 Å². The van der Waals surface area contributed by atoms with E-state index in [1.54, 1.807) is 0 Å². The minimum absolute atomic E-state index is 0. The normalized spacial score (nSPS) is 16.2. The van der Waals surface area contributed by atoms with Crippen LogP contribution in [-0.2, 0) is 0 Å². The molecule has 4 heteroatoms. The molecule has 3 N–H and O–H groups in total. The third-order valence-electron chi connectivity index (χ3n) is 2.85. The van der Waals surface area contributed by atoms with Crippen LogP contribution in [-0.4, -0.2) is 30.1 Å². The van der Waals surface area contributed by atoms with Crippen molar-refractivity contribution in [2.75, 3.05) is 18.4 Å². The molecule has 0 atom stereocenters. The van der Waals surface area contributed by atoms with Gasteiger partial charge in [0.15, 0.2) is 0 Å². The van der Waals surface area contributed by atoms with Crippen LogP contribution in [0.4, 0.5) is 10.5 Å². The molecule has 94 valence electrons.